The molecule has 4 aromatic rings. The zero-order valence-electron chi connectivity index (χ0n) is 26.8. The Morgan fingerprint density at radius 3 is 1.80 bits per heavy atom. The Morgan fingerprint density at radius 2 is 1.09 bits per heavy atom. The molecule has 0 aromatic heterocycles. The van der Waals surface area contributed by atoms with Gasteiger partial charge in [-0.15, -0.1) is 0 Å². The smallest absolute Gasteiger partial charge is 0.131 e. The third kappa shape index (κ3) is 3.72. The van der Waals surface area contributed by atoms with Gasteiger partial charge in [0.25, 0.3) is 0 Å². The van der Waals surface area contributed by atoms with Crippen LogP contribution in [0.4, 0.5) is 17.1 Å². The van der Waals surface area contributed by atoms with Crippen molar-refractivity contribution in [3.63, 3.8) is 0 Å². The van der Waals surface area contributed by atoms with Crippen LogP contribution in [-0.2, 0) is 16.2 Å². The summed E-state index contributed by atoms with van der Waals surface area (Å²) in [5.74, 6) is 5.35. The summed E-state index contributed by atoms with van der Waals surface area (Å²) >= 11 is 0. The number of fused-ring (bicyclic) bond motifs is 3. The lowest BCUT2D eigenvalue weighted by Crippen LogP contribution is -2.57. The van der Waals surface area contributed by atoms with Crippen molar-refractivity contribution in [1.29, 1.82) is 0 Å². The molecular formula is C42H45NO. The first kappa shape index (κ1) is 26.8. The van der Waals surface area contributed by atoms with E-state index in [0.29, 0.717) is 11.8 Å². The van der Waals surface area contributed by atoms with Gasteiger partial charge in [0.2, 0.25) is 0 Å². The Hall–Kier alpha value is -3.52. The highest BCUT2D eigenvalue weighted by molar-refractivity contribution is 5.79. The van der Waals surface area contributed by atoms with E-state index in [0.717, 1.165) is 23.3 Å². The van der Waals surface area contributed by atoms with Crippen LogP contribution in [0.1, 0.15) is 94.9 Å². The van der Waals surface area contributed by atoms with E-state index in [9.17, 15) is 0 Å². The Morgan fingerprint density at radius 1 is 0.523 bits per heavy atom. The lowest BCUT2D eigenvalue weighted by atomic mass is 9.42. The van der Waals surface area contributed by atoms with Crippen LogP contribution in [0.25, 0.3) is 0 Å². The van der Waals surface area contributed by atoms with Crippen LogP contribution in [0.15, 0.2) is 91.0 Å². The summed E-state index contributed by atoms with van der Waals surface area (Å²) in [4.78, 5) is 2.50. The molecule has 0 atom stereocenters. The number of benzene rings is 4. The molecule has 0 N–H and O–H groups in total. The Balaban J connectivity index is 1.25. The number of anilines is 3. The number of hydrogen-bond donors (Lipinski definition) is 0. The molecule has 1 spiro atoms. The van der Waals surface area contributed by atoms with Gasteiger partial charge in [0.1, 0.15) is 11.5 Å². The van der Waals surface area contributed by atoms with Gasteiger partial charge in [0, 0.05) is 33.6 Å². The highest BCUT2D eigenvalue weighted by Gasteiger charge is 2.61. The average Bonchev–Trinajstić information content (AvgIpc) is 3.02. The zero-order chi connectivity index (χ0) is 29.8. The van der Waals surface area contributed by atoms with Crippen LogP contribution in [0, 0.1) is 23.7 Å². The first-order chi connectivity index (χ1) is 21.2. The minimum absolute atomic E-state index is 0.0395. The van der Waals surface area contributed by atoms with Gasteiger partial charge in [0.15, 0.2) is 0 Å². The molecule has 0 radical (unpaired) electrons. The van der Waals surface area contributed by atoms with E-state index in [-0.39, 0.29) is 16.2 Å². The average molecular weight is 580 g/mol. The number of nitrogens with zero attached hydrogens (tertiary/aromatic N) is 1. The first-order valence-electron chi connectivity index (χ1n) is 17.2. The summed E-state index contributed by atoms with van der Waals surface area (Å²) in [7, 11) is 0. The van der Waals surface area contributed by atoms with E-state index in [4.69, 9.17) is 4.74 Å². The van der Waals surface area contributed by atoms with Gasteiger partial charge < -0.3 is 9.64 Å². The highest BCUT2D eigenvalue weighted by Crippen LogP contribution is 2.69. The van der Waals surface area contributed by atoms with Crippen molar-refractivity contribution in [1.82, 2.24) is 0 Å². The summed E-state index contributed by atoms with van der Waals surface area (Å²) in [5, 5.41) is 0. The van der Waals surface area contributed by atoms with Crippen molar-refractivity contribution in [3.05, 3.63) is 113 Å². The lowest BCUT2D eigenvalue weighted by Gasteiger charge is -2.63. The van der Waals surface area contributed by atoms with Crippen LogP contribution in [0.2, 0.25) is 0 Å². The van der Waals surface area contributed by atoms with Crippen LogP contribution in [0.3, 0.4) is 0 Å². The number of para-hydroxylation sites is 2. The van der Waals surface area contributed by atoms with Gasteiger partial charge in [-0.3, -0.25) is 0 Å². The molecule has 4 saturated carbocycles. The van der Waals surface area contributed by atoms with Crippen molar-refractivity contribution in [2.24, 2.45) is 23.7 Å². The molecule has 224 valence electrons. The third-order valence-corrected chi connectivity index (χ3v) is 12.8. The lowest BCUT2D eigenvalue weighted by molar-refractivity contribution is -0.0452. The summed E-state index contributed by atoms with van der Waals surface area (Å²) in [5.41, 5.74) is 9.97. The number of rotatable bonds is 3. The first-order valence-corrected chi connectivity index (χ1v) is 17.2. The summed E-state index contributed by atoms with van der Waals surface area (Å²) < 4.78 is 6.76. The number of hydrogen-bond acceptors (Lipinski definition) is 2. The fraction of sp³-hybridized carbons (Fsp3) is 0.429. The van der Waals surface area contributed by atoms with Crippen molar-refractivity contribution < 1.29 is 4.74 Å². The molecule has 2 heteroatoms. The van der Waals surface area contributed by atoms with E-state index >= 15 is 0 Å². The second kappa shape index (κ2) is 9.25. The zero-order valence-corrected chi connectivity index (χ0v) is 26.8. The standard InChI is InChI=1S/C42H45NO/c1-40(2)18-19-41(3,4)36-25-32(14-16-34(36)40)43(31-10-6-5-7-11-31)33-15-17-39-37(26-33)42(35-12-8-9-13-38(35)44-39)29-21-27-20-28(23-29)24-30(42)22-27/h5-17,25-30H,18-24H2,1-4H3. The third-order valence-electron chi connectivity index (χ3n) is 12.8. The summed E-state index contributed by atoms with van der Waals surface area (Å²) in [6, 6.07) is 34.4. The molecule has 4 aromatic carbocycles. The van der Waals surface area contributed by atoms with Gasteiger partial charge in [0.05, 0.1) is 0 Å². The van der Waals surface area contributed by atoms with Crippen molar-refractivity contribution in [3.8, 4) is 11.5 Å². The molecule has 2 nitrogen and oxygen atoms in total. The van der Waals surface area contributed by atoms with Gasteiger partial charge in [-0.25, -0.2) is 0 Å². The minimum atomic E-state index is 0.0395. The van der Waals surface area contributed by atoms with E-state index in [1.54, 1.807) is 0 Å². The van der Waals surface area contributed by atoms with E-state index in [1.165, 1.54) is 84.3 Å². The van der Waals surface area contributed by atoms with Crippen molar-refractivity contribution in [2.45, 2.75) is 88.9 Å². The van der Waals surface area contributed by atoms with Crippen LogP contribution < -0.4 is 9.64 Å². The molecule has 44 heavy (non-hydrogen) atoms. The predicted octanol–water partition coefficient (Wildman–Crippen LogP) is 11.4. The maximum Gasteiger partial charge on any atom is 0.131 e. The molecule has 1 aliphatic heterocycles. The molecule has 0 saturated heterocycles. The van der Waals surface area contributed by atoms with E-state index < -0.39 is 0 Å². The largest absolute Gasteiger partial charge is 0.457 e. The molecule has 6 aliphatic rings. The second-order valence-electron chi connectivity index (χ2n) is 16.1. The molecule has 1 heterocycles. The SMILES string of the molecule is CC1(C)CCC(C)(C)c2cc(N(c3ccccc3)c3ccc4c(c3)C3(c5ccccc5O4)C4CC5CC(C4)CC3C5)ccc21. The van der Waals surface area contributed by atoms with Gasteiger partial charge in [-0.05, 0) is 139 Å². The van der Waals surface area contributed by atoms with Crippen LogP contribution in [-0.4, -0.2) is 0 Å². The van der Waals surface area contributed by atoms with Crippen molar-refractivity contribution >= 4 is 17.1 Å². The fourth-order valence-corrected chi connectivity index (χ4v) is 10.8. The van der Waals surface area contributed by atoms with E-state index in [1.807, 2.05) is 0 Å². The Bertz CT molecular complexity index is 1740. The normalized spacial score (nSPS) is 29.8. The minimum Gasteiger partial charge on any atom is -0.457 e. The maximum absolute atomic E-state index is 6.76. The molecule has 4 bridgehead atoms. The summed E-state index contributed by atoms with van der Waals surface area (Å²) in [6.07, 6.45) is 9.36. The van der Waals surface area contributed by atoms with Gasteiger partial charge in [-0.2, -0.15) is 0 Å². The van der Waals surface area contributed by atoms with Gasteiger partial charge >= 0.3 is 0 Å². The monoisotopic (exact) mass is 579 g/mol. The molecule has 4 fully saturated rings. The van der Waals surface area contributed by atoms with E-state index in [2.05, 4.69) is 124 Å². The molecule has 0 unspecified atom stereocenters. The topological polar surface area (TPSA) is 12.5 Å². The molecule has 10 rings (SSSR count). The second-order valence-corrected chi connectivity index (χ2v) is 16.1. The van der Waals surface area contributed by atoms with Gasteiger partial charge in [-0.1, -0.05) is 70.2 Å². The Labute approximate surface area is 263 Å². The number of ether oxygens (including phenoxy) is 1. The maximum atomic E-state index is 6.76. The Kier molecular flexibility index (Phi) is 5.65. The molecule has 5 aliphatic carbocycles. The molecular weight excluding hydrogens is 534 g/mol. The van der Waals surface area contributed by atoms with Crippen LogP contribution >= 0.6 is 0 Å². The predicted molar refractivity (Wildman–Crippen MR) is 181 cm³/mol. The van der Waals surface area contributed by atoms with Crippen LogP contribution in [0.5, 0.6) is 11.5 Å². The highest BCUT2D eigenvalue weighted by atomic mass is 16.5. The summed E-state index contributed by atoms with van der Waals surface area (Å²) in [6.45, 7) is 9.70. The van der Waals surface area contributed by atoms with Crippen molar-refractivity contribution in [2.75, 3.05) is 4.90 Å². The molecule has 0 amide bonds. The quantitative estimate of drug-likeness (QED) is 0.239. The fourth-order valence-electron chi connectivity index (χ4n) is 10.8.